The van der Waals surface area contributed by atoms with Gasteiger partial charge in [0.25, 0.3) is 0 Å². The SMILES string of the molecule is COc1ccc(O)c(CN2CCCC(Nc3ccc(C(C)C)cc3)C2)c1. The molecule has 140 valence electrons. The lowest BCUT2D eigenvalue weighted by molar-refractivity contribution is 0.206. The van der Waals surface area contributed by atoms with Gasteiger partial charge in [0.1, 0.15) is 11.5 Å². The minimum Gasteiger partial charge on any atom is -0.508 e. The van der Waals surface area contributed by atoms with Gasteiger partial charge >= 0.3 is 0 Å². The van der Waals surface area contributed by atoms with Gasteiger partial charge in [-0.05, 0) is 61.2 Å². The summed E-state index contributed by atoms with van der Waals surface area (Å²) in [4.78, 5) is 2.40. The highest BCUT2D eigenvalue weighted by molar-refractivity contribution is 5.46. The van der Waals surface area contributed by atoms with E-state index in [2.05, 4.69) is 48.3 Å². The summed E-state index contributed by atoms with van der Waals surface area (Å²) in [6, 6.07) is 14.6. The van der Waals surface area contributed by atoms with Gasteiger partial charge in [-0.15, -0.1) is 0 Å². The maximum Gasteiger partial charge on any atom is 0.120 e. The van der Waals surface area contributed by atoms with Crippen molar-refractivity contribution < 1.29 is 9.84 Å². The van der Waals surface area contributed by atoms with Gasteiger partial charge in [-0.25, -0.2) is 0 Å². The van der Waals surface area contributed by atoms with Crippen LogP contribution in [0.4, 0.5) is 5.69 Å². The monoisotopic (exact) mass is 354 g/mol. The van der Waals surface area contributed by atoms with E-state index in [0.717, 1.165) is 37.4 Å². The molecule has 0 aromatic heterocycles. The molecule has 0 spiro atoms. The van der Waals surface area contributed by atoms with Gasteiger partial charge < -0.3 is 15.2 Å². The number of phenolic OH excluding ortho intramolecular Hbond substituents is 1. The predicted octanol–water partition coefficient (Wildman–Crippen LogP) is 4.60. The second-order valence-electron chi connectivity index (χ2n) is 7.49. The molecule has 1 saturated heterocycles. The number of methoxy groups -OCH3 is 1. The Kier molecular flexibility index (Phi) is 6.04. The number of likely N-dealkylation sites (tertiary alicyclic amines) is 1. The van der Waals surface area contributed by atoms with Gasteiger partial charge in [0.2, 0.25) is 0 Å². The fourth-order valence-electron chi connectivity index (χ4n) is 3.57. The number of aromatic hydroxyl groups is 1. The van der Waals surface area contributed by atoms with E-state index >= 15 is 0 Å². The molecule has 1 heterocycles. The molecule has 4 nitrogen and oxygen atoms in total. The summed E-state index contributed by atoms with van der Waals surface area (Å²) in [5.74, 6) is 1.68. The molecule has 0 saturated carbocycles. The van der Waals surface area contributed by atoms with Crippen molar-refractivity contribution in [3.05, 3.63) is 53.6 Å². The van der Waals surface area contributed by atoms with Gasteiger partial charge in [-0.2, -0.15) is 0 Å². The second kappa shape index (κ2) is 8.45. The van der Waals surface area contributed by atoms with Crippen LogP contribution < -0.4 is 10.1 Å². The van der Waals surface area contributed by atoms with Gasteiger partial charge in [0.05, 0.1) is 7.11 Å². The first-order chi connectivity index (χ1) is 12.5. The summed E-state index contributed by atoms with van der Waals surface area (Å²) >= 11 is 0. The Balaban J connectivity index is 1.60. The van der Waals surface area contributed by atoms with E-state index in [0.29, 0.717) is 17.7 Å². The molecular formula is C22H30N2O2. The van der Waals surface area contributed by atoms with E-state index in [-0.39, 0.29) is 0 Å². The van der Waals surface area contributed by atoms with E-state index in [9.17, 15) is 5.11 Å². The van der Waals surface area contributed by atoms with Crippen molar-refractivity contribution in [1.29, 1.82) is 0 Å². The number of piperidine rings is 1. The summed E-state index contributed by atoms with van der Waals surface area (Å²) in [6.45, 7) is 7.21. The van der Waals surface area contributed by atoms with Crippen LogP contribution in [0.15, 0.2) is 42.5 Å². The van der Waals surface area contributed by atoms with Crippen molar-refractivity contribution in [2.24, 2.45) is 0 Å². The Morgan fingerprint density at radius 3 is 2.65 bits per heavy atom. The van der Waals surface area contributed by atoms with Crippen molar-refractivity contribution in [2.75, 3.05) is 25.5 Å². The number of benzene rings is 2. The van der Waals surface area contributed by atoms with Gasteiger partial charge in [-0.3, -0.25) is 4.90 Å². The van der Waals surface area contributed by atoms with Crippen LogP contribution in [-0.2, 0) is 6.54 Å². The molecule has 1 aliphatic heterocycles. The predicted molar refractivity (Wildman–Crippen MR) is 107 cm³/mol. The summed E-state index contributed by atoms with van der Waals surface area (Å²) in [5.41, 5.74) is 3.48. The molecule has 1 unspecified atom stereocenters. The van der Waals surface area contributed by atoms with Crippen LogP contribution >= 0.6 is 0 Å². The number of anilines is 1. The van der Waals surface area contributed by atoms with E-state index in [4.69, 9.17) is 4.74 Å². The van der Waals surface area contributed by atoms with E-state index in [1.54, 1.807) is 19.2 Å². The molecule has 0 aliphatic carbocycles. The fourth-order valence-corrected chi connectivity index (χ4v) is 3.57. The largest absolute Gasteiger partial charge is 0.508 e. The lowest BCUT2D eigenvalue weighted by Crippen LogP contribution is -2.41. The molecule has 0 radical (unpaired) electrons. The Morgan fingerprint density at radius 1 is 1.19 bits per heavy atom. The standard InChI is InChI=1S/C22H30N2O2/c1-16(2)17-6-8-19(9-7-17)23-20-5-4-12-24(15-20)14-18-13-21(26-3)10-11-22(18)25/h6-11,13,16,20,23,25H,4-5,12,14-15H2,1-3H3. The van der Waals surface area contributed by atoms with E-state index in [1.165, 1.54) is 17.7 Å². The van der Waals surface area contributed by atoms with Crippen LogP contribution in [0, 0.1) is 0 Å². The molecule has 0 bridgehead atoms. The van der Waals surface area contributed by atoms with E-state index < -0.39 is 0 Å². The normalized spacial score (nSPS) is 18.1. The minimum atomic E-state index is 0.338. The van der Waals surface area contributed by atoms with Crippen LogP contribution in [0.5, 0.6) is 11.5 Å². The van der Waals surface area contributed by atoms with Crippen molar-refractivity contribution in [3.63, 3.8) is 0 Å². The summed E-state index contributed by atoms with van der Waals surface area (Å²) < 4.78 is 5.28. The third kappa shape index (κ3) is 4.70. The average Bonchev–Trinajstić information content (AvgIpc) is 2.64. The highest BCUT2D eigenvalue weighted by Gasteiger charge is 2.21. The molecule has 1 atom stereocenters. The molecule has 2 N–H and O–H groups in total. The van der Waals surface area contributed by atoms with E-state index in [1.807, 2.05) is 6.07 Å². The van der Waals surface area contributed by atoms with Crippen LogP contribution in [0.1, 0.15) is 43.7 Å². The average molecular weight is 354 g/mol. The quantitative estimate of drug-likeness (QED) is 0.796. The minimum absolute atomic E-state index is 0.338. The Morgan fingerprint density at radius 2 is 1.96 bits per heavy atom. The Labute approximate surface area is 156 Å². The number of nitrogens with one attached hydrogen (secondary N) is 1. The highest BCUT2D eigenvalue weighted by Crippen LogP contribution is 2.26. The number of nitrogens with zero attached hydrogens (tertiary/aromatic N) is 1. The molecule has 3 rings (SSSR count). The number of ether oxygens (including phenoxy) is 1. The fraction of sp³-hybridized carbons (Fsp3) is 0.455. The summed E-state index contributed by atoms with van der Waals surface area (Å²) in [6.07, 6.45) is 2.33. The zero-order chi connectivity index (χ0) is 18.5. The highest BCUT2D eigenvalue weighted by atomic mass is 16.5. The van der Waals surface area contributed by atoms with Crippen molar-refractivity contribution in [2.45, 2.75) is 45.2 Å². The van der Waals surface area contributed by atoms with Crippen molar-refractivity contribution in [1.82, 2.24) is 4.90 Å². The molecule has 1 fully saturated rings. The third-order valence-corrected chi connectivity index (χ3v) is 5.13. The maximum atomic E-state index is 10.1. The number of rotatable bonds is 6. The zero-order valence-corrected chi connectivity index (χ0v) is 16.0. The molecule has 2 aromatic rings. The summed E-state index contributed by atoms with van der Waals surface area (Å²) in [5, 5.41) is 13.8. The topological polar surface area (TPSA) is 44.7 Å². The molecular weight excluding hydrogens is 324 g/mol. The summed E-state index contributed by atoms with van der Waals surface area (Å²) in [7, 11) is 1.65. The van der Waals surface area contributed by atoms with Gasteiger partial charge in [0.15, 0.2) is 0 Å². The first-order valence-electron chi connectivity index (χ1n) is 9.50. The number of hydrogen-bond acceptors (Lipinski definition) is 4. The lowest BCUT2D eigenvalue weighted by atomic mass is 10.0. The van der Waals surface area contributed by atoms with Crippen LogP contribution in [0.2, 0.25) is 0 Å². The first-order valence-corrected chi connectivity index (χ1v) is 9.50. The van der Waals surface area contributed by atoms with Gasteiger partial charge in [-0.1, -0.05) is 26.0 Å². The maximum absolute atomic E-state index is 10.1. The van der Waals surface area contributed by atoms with Crippen LogP contribution in [-0.4, -0.2) is 36.2 Å². The van der Waals surface area contributed by atoms with Crippen molar-refractivity contribution in [3.8, 4) is 11.5 Å². The number of phenols is 1. The van der Waals surface area contributed by atoms with Gasteiger partial charge in [0, 0.05) is 30.4 Å². The Hall–Kier alpha value is -2.20. The van der Waals surface area contributed by atoms with Crippen LogP contribution in [0.3, 0.4) is 0 Å². The zero-order valence-electron chi connectivity index (χ0n) is 16.0. The molecule has 26 heavy (non-hydrogen) atoms. The molecule has 1 aliphatic rings. The molecule has 2 aromatic carbocycles. The smallest absolute Gasteiger partial charge is 0.120 e. The molecule has 0 amide bonds. The third-order valence-electron chi connectivity index (χ3n) is 5.13. The first kappa shape index (κ1) is 18.6. The second-order valence-corrected chi connectivity index (χ2v) is 7.49. The Bertz CT molecular complexity index is 713. The van der Waals surface area contributed by atoms with Crippen molar-refractivity contribution >= 4 is 5.69 Å². The lowest BCUT2D eigenvalue weighted by Gasteiger charge is -2.34. The number of hydrogen-bond donors (Lipinski definition) is 2. The molecule has 4 heteroatoms. The van der Waals surface area contributed by atoms with Crippen LogP contribution in [0.25, 0.3) is 0 Å².